The van der Waals surface area contributed by atoms with Gasteiger partial charge in [-0.05, 0) is 24.4 Å². The van der Waals surface area contributed by atoms with Gasteiger partial charge in [0, 0.05) is 5.69 Å². The van der Waals surface area contributed by atoms with E-state index in [9.17, 15) is 0 Å². The summed E-state index contributed by atoms with van der Waals surface area (Å²) in [5.41, 5.74) is 0.886. The van der Waals surface area contributed by atoms with Crippen LogP contribution in [0.15, 0.2) is 30.3 Å². The Morgan fingerprint density at radius 1 is 1.21 bits per heavy atom. The Labute approximate surface area is 88.3 Å². The van der Waals surface area contributed by atoms with Crippen LogP contribution in [0.3, 0.4) is 0 Å². The first-order valence-electron chi connectivity index (χ1n) is 4.02. The van der Waals surface area contributed by atoms with Crippen LogP contribution in [0, 0.1) is 0 Å². The summed E-state index contributed by atoms with van der Waals surface area (Å²) in [5.74, 6) is 0. The van der Waals surface area contributed by atoms with Gasteiger partial charge in [-0.1, -0.05) is 23.4 Å². The van der Waals surface area contributed by atoms with Crippen LogP contribution in [0.5, 0.6) is 0 Å². The molecule has 0 unspecified atom stereocenters. The molecule has 0 spiro atoms. The van der Waals surface area contributed by atoms with Crippen molar-refractivity contribution in [3.63, 3.8) is 0 Å². The number of thiocarbonyl (C=S) groups is 1. The molecule has 1 aromatic rings. The summed E-state index contributed by atoms with van der Waals surface area (Å²) in [6.07, 6.45) is 0. The topological polar surface area (TPSA) is 33.7 Å². The third-order valence-electron chi connectivity index (χ3n) is 1.52. The Balaban J connectivity index is 2.57. The summed E-state index contributed by atoms with van der Waals surface area (Å²) >= 11 is 5.02. The number of nitrogens with zero attached hydrogens (tertiary/aromatic N) is 1. The van der Waals surface area contributed by atoms with Crippen molar-refractivity contribution in [3.8, 4) is 0 Å². The Bertz CT molecular complexity index is 288. The molecule has 1 N–H and O–H groups in total. The average molecular weight is 212 g/mol. The van der Waals surface area contributed by atoms with Crippen LogP contribution in [0.25, 0.3) is 0 Å². The SMILES string of the molecule is CON(OC)C(=S)Nc1ccccc1. The van der Waals surface area contributed by atoms with Crippen molar-refractivity contribution in [2.75, 3.05) is 19.5 Å². The molecule has 0 aliphatic rings. The molecular weight excluding hydrogens is 200 g/mol. The Morgan fingerprint density at radius 3 is 2.29 bits per heavy atom. The largest absolute Gasteiger partial charge is 0.329 e. The molecular formula is C9H12N2O2S. The maximum atomic E-state index is 5.02. The molecule has 0 heterocycles. The number of benzene rings is 1. The highest BCUT2D eigenvalue weighted by Gasteiger charge is 2.07. The third-order valence-corrected chi connectivity index (χ3v) is 1.77. The van der Waals surface area contributed by atoms with Gasteiger partial charge in [-0.15, -0.1) is 0 Å². The summed E-state index contributed by atoms with van der Waals surface area (Å²) in [6.45, 7) is 0. The van der Waals surface area contributed by atoms with E-state index in [2.05, 4.69) is 5.32 Å². The first-order chi connectivity index (χ1) is 6.77. The second-order valence-corrected chi connectivity index (χ2v) is 2.81. The highest BCUT2D eigenvalue weighted by atomic mass is 32.1. The molecule has 0 amide bonds. The third kappa shape index (κ3) is 2.95. The lowest BCUT2D eigenvalue weighted by Crippen LogP contribution is -2.32. The van der Waals surface area contributed by atoms with Crippen LogP contribution in [0.4, 0.5) is 5.69 Å². The molecule has 0 aliphatic carbocycles. The first kappa shape index (κ1) is 10.9. The van der Waals surface area contributed by atoms with Gasteiger partial charge < -0.3 is 5.32 Å². The van der Waals surface area contributed by atoms with Gasteiger partial charge in [0.15, 0.2) is 0 Å². The van der Waals surface area contributed by atoms with Gasteiger partial charge in [0.1, 0.15) is 0 Å². The molecule has 1 aromatic carbocycles. The summed E-state index contributed by atoms with van der Waals surface area (Å²) < 4.78 is 0. The standard InChI is InChI=1S/C9H12N2O2S/c1-12-11(13-2)9(14)10-8-6-4-3-5-7-8/h3-7H,1-2H3,(H,10,14). The van der Waals surface area contributed by atoms with E-state index in [-0.39, 0.29) is 0 Å². The lowest BCUT2D eigenvalue weighted by atomic mass is 10.3. The van der Waals surface area contributed by atoms with Gasteiger partial charge in [0.05, 0.1) is 14.2 Å². The molecule has 0 fully saturated rings. The van der Waals surface area contributed by atoms with Gasteiger partial charge in [0.2, 0.25) is 5.11 Å². The predicted molar refractivity (Wildman–Crippen MR) is 58.5 cm³/mol. The maximum absolute atomic E-state index is 5.02. The molecule has 0 radical (unpaired) electrons. The van der Waals surface area contributed by atoms with Crippen molar-refractivity contribution < 1.29 is 9.68 Å². The molecule has 14 heavy (non-hydrogen) atoms. The molecule has 0 aromatic heterocycles. The molecule has 0 saturated carbocycles. The normalized spacial score (nSPS) is 9.57. The molecule has 0 atom stereocenters. The van der Waals surface area contributed by atoms with Crippen LogP contribution in [0.1, 0.15) is 0 Å². The van der Waals surface area contributed by atoms with E-state index in [1.807, 2.05) is 30.3 Å². The Kier molecular flexibility index (Phi) is 4.31. The Hall–Kier alpha value is -1.17. The van der Waals surface area contributed by atoms with Crippen LogP contribution in [-0.4, -0.2) is 24.6 Å². The second-order valence-electron chi connectivity index (χ2n) is 2.42. The monoisotopic (exact) mass is 212 g/mol. The van der Waals surface area contributed by atoms with Gasteiger partial charge in [-0.2, -0.15) is 0 Å². The average Bonchev–Trinajstić information content (AvgIpc) is 2.21. The van der Waals surface area contributed by atoms with Crippen molar-refractivity contribution in [1.82, 2.24) is 5.23 Å². The smallest absolute Gasteiger partial charge is 0.227 e. The van der Waals surface area contributed by atoms with E-state index < -0.39 is 0 Å². The lowest BCUT2D eigenvalue weighted by molar-refractivity contribution is -0.285. The van der Waals surface area contributed by atoms with E-state index in [0.29, 0.717) is 5.11 Å². The minimum atomic E-state index is 0.348. The van der Waals surface area contributed by atoms with Gasteiger partial charge in [-0.3, -0.25) is 0 Å². The number of rotatable bonds is 3. The minimum Gasteiger partial charge on any atom is -0.329 e. The molecule has 5 heteroatoms. The molecule has 76 valence electrons. The van der Waals surface area contributed by atoms with E-state index >= 15 is 0 Å². The fourth-order valence-corrected chi connectivity index (χ4v) is 1.20. The zero-order valence-electron chi connectivity index (χ0n) is 8.06. The Morgan fingerprint density at radius 2 is 1.79 bits per heavy atom. The quantitative estimate of drug-likeness (QED) is 0.610. The molecule has 0 aliphatic heterocycles. The summed E-state index contributed by atoms with van der Waals surface area (Å²) in [5, 5.41) is 4.41. The van der Waals surface area contributed by atoms with Crippen LogP contribution in [0.2, 0.25) is 0 Å². The fraction of sp³-hybridized carbons (Fsp3) is 0.222. The van der Waals surface area contributed by atoms with Crippen LogP contribution in [-0.2, 0) is 9.68 Å². The van der Waals surface area contributed by atoms with Crippen LogP contribution < -0.4 is 5.32 Å². The number of hydroxylamine groups is 2. The van der Waals surface area contributed by atoms with Crippen molar-refractivity contribution in [2.45, 2.75) is 0 Å². The molecule has 0 saturated heterocycles. The number of para-hydroxylation sites is 1. The summed E-state index contributed by atoms with van der Waals surface area (Å²) in [7, 11) is 2.95. The van der Waals surface area contributed by atoms with E-state index in [1.54, 1.807) is 0 Å². The minimum absolute atomic E-state index is 0.348. The van der Waals surface area contributed by atoms with Gasteiger partial charge >= 0.3 is 0 Å². The summed E-state index contributed by atoms with van der Waals surface area (Å²) in [6, 6.07) is 9.55. The molecule has 4 nitrogen and oxygen atoms in total. The maximum Gasteiger partial charge on any atom is 0.227 e. The van der Waals surface area contributed by atoms with E-state index in [0.717, 1.165) is 10.9 Å². The zero-order valence-corrected chi connectivity index (χ0v) is 8.88. The molecule has 0 bridgehead atoms. The fourth-order valence-electron chi connectivity index (χ4n) is 0.931. The number of hydrogen-bond acceptors (Lipinski definition) is 3. The van der Waals surface area contributed by atoms with Crippen molar-refractivity contribution >= 4 is 23.0 Å². The number of anilines is 1. The summed E-state index contributed by atoms with van der Waals surface area (Å²) in [4.78, 5) is 9.68. The van der Waals surface area contributed by atoms with E-state index in [4.69, 9.17) is 21.9 Å². The second kappa shape index (κ2) is 5.54. The highest BCUT2D eigenvalue weighted by Crippen LogP contribution is 2.06. The van der Waals surface area contributed by atoms with Crippen molar-refractivity contribution in [3.05, 3.63) is 30.3 Å². The molecule has 1 rings (SSSR count). The van der Waals surface area contributed by atoms with Crippen LogP contribution >= 0.6 is 12.2 Å². The predicted octanol–water partition coefficient (Wildman–Crippen LogP) is 1.81. The first-order valence-corrected chi connectivity index (χ1v) is 4.43. The van der Waals surface area contributed by atoms with E-state index in [1.165, 1.54) is 14.2 Å². The van der Waals surface area contributed by atoms with Gasteiger partial charge in [-0.25, -0.2) is 9.68 Å². The lowest BCUT2D eigenvalue weighted by Gasteiger charge is -2.19. The van der Waals surface area contributed by atoms with Crippen molar-refractivity contribution in [2.24, 2.45) is 0 Å². The number of hydrogen-bond donors (Lipinski definition) is 1. The zero-order chi connectivity index (χ0) is 10.4. The van der Waals surface area contributed by atoms with Gasteiger partial charge in [0.25, 0.3) is 0 Å². The number of nitrogens with one attached hydrogen (secondary N) is 1. The van der Waals surface area contributed by atoms with Crippen molar-refractivity contribution in [1.29, 1.82) is 0 Å². The highest BCUT2D eigenvalue weighted by molar-refractivity contribution is 7.80.